The van der Waals surface area contributed by atoms with E-state index in [1.165, 1.54) is 11.4 Å². The number of hydrogen-bond donors (Lipinski definition) is 2. The summed E-state index contributed by atoms with van der Waals surface area (Å²) in [6.45, 7) is 0. The van der Waals surface area contributed by atoms with Crippen LogP contribution in [0.3, 0.4) is 0 Å². The highest BCUT2D eigenvalue weighted by atomic mass is 32.1. The van der Waals surface area contributed by atoms with E-state index in [4.69, 9.17) is 0 Å². The van der Waals surface area contributed by atoms with E-state index in [1.54, 1.807) is 25.4 Å². The van der Waals surface area contributed by atoms with Crippen molar-refractivity contribution < 1.29 is 13.2 Å². The molecule has 2 N–H and O–H groups in total. The molecule has 0 saturated carbocycles. The molecular weight excluding hydrogens is 287 g/mol. The molecule has 0 aliphatic carbocycles. The van der Waals surface area contributed by atoms with Crippen molar-refractivity contribution >= 4 is 28.2 Å². The molecule has 0 radical (unpaired) electrons. The Hall–Kier alpha value is -2.02. The molecule has 7 heteroatoms. The average Bonchev–Trinajstić information content (AvgIpc) is 3.02. The van der Waals surface area contributed by atoms with Crippen molar-refractivity contribution in [3.63, 3.8) is 0 Å². The molecule has 0 unspecified atom stereocenters. The fourth-order valence-corrected chi connectivity index (χ4v) is 2.86. The fraction of sp³-hybridized carbons (Fsp3) is 0.154. The minimum atomic E-state index is -4.35. The van der Waals surface area contributed by atoms with Crippen LogP contribution in [0.25, 0.3) is 22.2 Å². The number of aromatic nitrogens is 2. The second kappa shape index (κ2) is 4.52. The number of fused-ring (bicyclic) bond motifs is 1. The Kier molecular flexibility index (Phi) is 2.93. The number of aromatic amines is 1. The lowest BCUT2D eigenvalue weighted by molar-refractivity contribution is -0.133. The van der Waals surface area contributed by atoms with E-state index in [0.29, 0.717) is 33.8 Å². The fourth-order valence-electron chi connectivity index (χ4n) is 2.08. The first-order valence-corrected chi connectivity index (χ1v) is 6.69. The number of alkyl halides is 3. The number of anilines is 1. The summed E-state index contributed by atoms with van der Waals surface area (Å²) >= 11 is 0.691. The molecular formula is C13H10F3N3S. The third-order valence-corrected chi connectivity index (χ3v) is 3.95. The molecule has 3 aromatic rings. The smallest absolute Gasteiger partial charge is 0.373 e. The molecule has 20 heavy (non-hydrogen) atoms. The van der Waals surface area contributed by atoms with Gasteiger partial charge in [-0.1, -0.05) is 0 Å². The van der Waals surface area contributed by atoms with Gasteiger partial charge in [-0.3, -0.25) is 0 Å². The van der Waals surface area contributed by atoms with E-state index in [2.05, 4.69) is 15.3 Å². The second-order valence-electron chi connectivity index (χ2n) is 4.21. The molecule has 0 spiro atoms. The maximum absolute atomic E-state index is 13.0. The van der Waals surface area contributed by atoms with E-state index < -0.39 is 11.1 Å². The van der Waals surface area contributed by atoms with Gasteiger partial charge < -0.3 is 10.3 Å². The van der Waals surface area contributed by atoms with E-state index >= 15 is 0 Å². The summed E-state index contributed by atoms with van der Waals surface area (Å²) in [7, 11) is 1.71. The van der Waals surface area contributed by atoms with Gasteiger partial charge in [0.05, 0.1) is 11.0 Å². The van der Waals surface area contributed by atoms with Crippen LogP contribution in [-0.2, 0) is 6.18 Å². The van der Waals surface area contributed by atoms with Gasteiger partial charge in [-0.15, -0.1) is 11.3 Å². The van der Waals surface area contributed by atoms with Crippen LogP contribution in [0.2, 0.25) is 0 Å². The van der Waals surface area contributed by atoms with Crippen molar-refractivity contribution in [1.29, 1.82) is 0 Å². The lowest BCUT2D eigenvalue weighted by Gasteiger charge is -2.07. The zero-order valence-electron chi connectivity index (χ0n) is 10.4. The van der Waals surface area contributed by atoms with Crippen LogP contribution in [0.4, 0.5) is 19.0 Å². The highest BCUT2D eigenvalue weighted by Gasteiger charge is 2.35. The number of nitrogens with zero attached hydrogens (tertiary/aromatic N) is 1. The zero-order chi connectivity index (χ0) is 14.3. The van der Waals surface area contributed by atoms with E-state index in [-0.39, 0.29) is 5.56 Å². The summed E-state index contributed by atoms with van der Waals surface area (Å²) in [5.41, 5.74) is 1.86. The first kappa shape index (κ1) is 13.0. The Morgan fingerprint density at radius 3 is 2.70 bits per heavy atom. The Labute approximate surface area is 116 Å². The van der Waals surface area contributed by atoms with Crippen LogP contribution in [0, 0.1) is 0 Å². The van der Waals surface area contributed by atoms with Crippen molar-refractivity contribution in [2.75, 3.05) is 12.4 Å². The molecule has 3 heterocycles. The molecule has 0 fully saturated rings. The van der Waals surface area contributed by atoms with Crippen LogP contribution in [0.15, 0.2) is 29.8 Å². The van der Waals surface area contributed by atoms with Gasteiger partial charge in [0.15, 0.2) is 0 Å². The molecule has 3 aromatic heterocycles. The zero-order valence-corrected chi connectivity index (χ0v) is 11.2. The number of H-pyrrole nitrogens is 1. The lowest BCUT2D eigenvalue weighted by Crippen LogP contribution is -2.03. The van der Waals surface area contributed by atoms with Crippen molar-refractivity contribution in [2.24, 2.45) is 0 Å². The van der Waals surface area contributed by atoms with Gasteiger partial charge in [-0.25, -0.2) is 4.98 Å². The number of hydrogen-bond acceptors (Lipinski definition) is 3. The van der Waals surface area contributed by atoms with Gasteiger partial charge in [-0.2, -0.15) is 13.2 Å². The second-order valence-corrected chi connectivity index (χ2v) is 5.12. The first-order chi connectivity index (χ1) is 9.50. The standard InChI is InChI=1S/C13H10F3N3S/c1-17-10-3-2-9-11(19-10)8(6-18-9)7-4-5-20-12(7)13(14,15)16/h2-6,18H,1H3,(H,17,19). The number of nitrogens with one attached hydrogen (secondary N) is 2. The summed E-state index contributed by atoms with van der Waals surface area (Å²) in [5, 5.41) is 4.33. The van der Waals surface area contributed by atoms with Crippen molar-refractivity contribution in [1.82, 2.24) is 9.97 Å². The van der Waals surface area contributed by atoms with Crippen LogP contribution in [0.1, 0.15) is 4.88 Å². The maximum Gasteiger partial charge on any atom is 0.426 e. The quantitative estimate of drug-likeness (QED) is 0.738. The van der Waals surface area contributed by atoms with Gasteiger partial charge in [0.25, 0.3) is 0 Å². The molecule has 104 valence electrons. The predicted molar refractivity (Wildman–Crippen MR) is 74.0 cm³/mol. The highest BCUT2D eigenvalue weighted by Crippen LogP contribution is 2.42. The van der Waals surface area contributed by atoms with E-state index in [1.807, 2.05) is 0 Å². The Balaban J connectivity index is 2.23. The molecule has 0 aliphatic rings. The molecule has 3 nitrogen and oxygen atoms in total. The molecule has 0 atom stereocenters. The number of pyridine rings is 1. The minimum absolute atomic E-state index is 0.162. The highest BCUT2D eigenvalue weighted by molar-refractivity contribution is 7.10. The molecule has 0 aromatic carbocycles. The summed E-state index contributed by atoms with van der Waals surface area (Å²) in [4.78, 5) is 6.68. The SMILES string of the molecule is CNc1ccc2[nH]cc(-c3ccsc3C(F)(F)F)c2n1. The summed E-state index contributed by atoms with van der Waals surface area (Å²) < 4.78 is 39.0. The Morgan fingerprint density at radius 2 is 2.00 bits per heavy atom. The third-order valence-electron chi connectivity index (χ3n) is 2.99. The van der Waals surface area contributed by atoms with Crippen LogP contribution < -0.4 is 5.32 Å². The normalized spacial score (nSPS) is 12.0. The largest absolute Gasteiger partial charge is 0.426 e. The van der Waals surface area contributed by atoms with Crippen LogP contribution in [-0.4, -0.2) is 17.0 Å². The number of halogens is 3. The molecule has 3 rings (SSSR count). The summed E-state index contributed by atoms with van der Waals surface area (Å²) in [5.74, 6) is 0.613. The van der Waals surface area contributed by atoms with Crippen molar-refractivity contribution in [3.8, 4) is 11.1 Å². The van der Waals surface area contributed by atoms with E-state index in [0.717, 1.165) is 0 Å². The predicted octanol–water partition coefficient (Wildman–Crippen LogP) is 4.35. The van der Waals surface area contributed by atoms with Crippen LogP contribution in [0.5, 0.6) is 0 Å². The monoisotopic (exact) mass is 297 g/mol. The van der Waals surface area contributed by atoms with Gasteiger partial charge in [-0.05, 0) is 23.6 Å². The van der Waals surface area contributed by atoms with Gasteiger partial charge >= 0.3 is 6.18 Å². The summed E-state index contributed by atoms with van der Waals surface area (Å²) in [6, 6.07) is 5.03. The molecule has 0 amide bonds. The van der Waals surface area contributed by atoms with Crippen molar-refractivity contribution in [3.05, 3.63) is 34.7 Å². The van der Waals surface area contributed by atoms with Gasteiger partial charge in [0, 0.05) is 24.4 Å². The summed E-state index contributed by atoms with van der Waals surface area (Å²) in [6.07, 6.45) is -2.79. The third kappa shape index (κ3) is 2.03. The number of rotatable bonds is 2. The van der Waals surface area contributed by atoms with Gasteiger partial charge in [0.1, 0.15) is 10.7 Å². The first-order valence-electron chi connectivity index (χ1n) is 5.81. The molecule has 0 bridgehead atoms. The number of thiophene rings is 1. The minimum Gasteiger partial charge on any atom is -0.373 e. The molecule has 0 aliphatic heterocycles. The van der Waals surface area contributed by atoms with Crippen LogP contribution >= 0.6 is 11.3 Å². The maximum atomic E-state index is 13.0. The lowest BCUT2D eigenvalue weighted by atomic mass is 10.1. The van der Waals surface area contributed by atoms with Crippen molar-refractivity contribution in [2.45, 2.75) is 6.18 Å². The average molecular weight is 297 g/mol. The van der Waals surface area contributed by atoms with E-state index in [9.17, 15) is 13.2 Å². The Bertz CT molecular complexity index is 758. The van der Waals surface area contributed by atoms with Gasteiger partial charge in [0.2, 0.25) is 0 Å². The topological polar surface area (TPSA) is 40.7 Å². The molecule has 0 saturated heterocycles. The Morgan fingerprint density at radius 1 is 1.20 bits per heavy atom.